The first-order valence-electron chi connectivity index (χ1n) is 9.94. The lowest BCUT2D eigenvalue weighted by molar-refractivity contribution is 0.0977. The summed E-state index contributed by atoms with van der Waals surface area (Å²) in [7, 11) is 0. The zero-order chi connectivity index (χ0) is 22.9. The van der Waals surface area contributed by atoms with Gasteiger partial charge in [0, 0.05) is 30.8 Å². The van der Waals surface area contributed by atoms with Crippen molar-refractivity contribution in [1.29, 1.82) is 0 Å². The molecule has 5 rings (SSSR count). The summed E-state index contributed by atoms with van der Waals surface area (Å²) in [4.78, 5) is 17.1. The minimum atomic E-state index is -0.273. The predicted octanol–water partition coefficient (Wildman–Crippen LogP) is 7.03. The summed E-state index contributed by atoms with van der Waals surface area (Å²) in [6.45, 7) is 0. The summed E-state index contributed by atoms with van der Waals surface area (Å²) in [5, 5.41) is 8.52. The number of fused-ring (bicyclic) bond motifs is 2. The van der Waals surface area contributed by atoms with Crippen molar-refractivity contribution >= 4 is 85.0 Å². The van der Waals surface area contributed by atoms with Gasteiger partial charge in [-0.05, 0) is 88.7 Å². The molecule has 0 aliphatic heterocycles. The van der Waals surface area contributed by atoms with E-state index in [9.17, 15) is 4.79 Å². The van der Waals surface area contributed by atoms with Crippen molar-refractivity contribution < 1.29 is 9.21 Å². The maximum absolute atomic E-state index is 12.4. The molecule has 4 aromatic carbocycles. The number of carbonyl (C=O) groups is 1. The summed E-state index contributed by atoms with van der Waals surface area (Å²) in [6, 6.07) is 24.4. The molecule has 33 heavy (non-hydrogen) atoms. The van der Waals surface area contributed by atoms with Gasteiger partial charge in [0.05, 0.1) is 0 Å². The molecule has 5 aromatic rings. The average molecular weight is 584 g/mol. The van der Waals surface area contributed by atoms with Crippen LogP contribution in [0.2, 0.25) is 5.02 Å². The SMILES string of the molecule is O=C(NC(=S)Nc1ccc2oc(-c3cccc4c(Cl)cccc34)nc2c1)c1cccc(I)c1. The summed E-state index contributed by atoms with van der Waals surface area (Å²) in [5.74, 6) is 0.231. The molecule has 0 bridgehead atoms. The van der Waals surface area contributed by atoms with E-state index in [-0.39, 0.29) is 11.0 Å². The highest BCUT2D eigenvalue weighted by molar-refractivity contribution is 14.1. The Kier molecular flexibility index (Phi) is 6.01. The molecular formula is C25H15ClIN3O2S. The number of hydrogen-bond acceptors (Lipinski definition) is 4. The molecule has 0 saturated heterocycles. The molecule has 0 unspecified atom stereocenters. The highest BCUT2D eigenvalue weighted by atomic mass is 127. The Balaban J connectivity index is 1.38. The molecule has 162 valence electrons. The summed E-state index contributed by atoms with van der Waals surface area (Å²) < 4.78 is 6.98. The van der Waals surface area contributed by atoms with Gasteiger partial charge in [-0.15, -0.1) is 0 Å². The average Bonchev–Trinajstić information content (AvgIpc) is 3.22. The molecule has 0 aliphatic rings. The van der Waals surface area contributed by atoms with E-state index in [1.165, 1.54) is 0 Å². The van der Waals surface area contributed by atoms with Crippen LogP contribution in [-0.2, 0) is 0 Å². The van der Waals surface area contributed by atoms with Crippen LogP contribution in [-0.4, -0.2) is 16.0 Å². The molecule has 2 N–H and O–H groups in total. The topological polar surface area (TPSA) is 67.2 Å². The van der Waals surface area contributed by atoms with E-state index in [1.807, 2.05) is 66.7 Å². The number of aromatic nitrogens is 1. The van der Waals surface area contributed by atoms with Crippen molar-refractivity contribution in [2.75, 3.05) is 5.32 Å². The minimum absolute atomic E-state index is 0.200. The van der Waals surface area contributed by atoms with Gasteiger partial charge in [-0.1, -0.05) is 41.9 Å². The van der Waals surface area contributed by atoms with Crippen LogP contribution in [0.5, 0.6) is 0 Å². The Morgan fingerprint density at radius 3 is 2.61 bits per heavy atom. The third-order valence-corrected chi connectivity index (χ3v) is 6.26. The highest BCUT2D eigenvalue weighted by Crippen LogP contribution is 2.33. The first-order valence-corrected chi connectivity index (χ1v) is 11.8. The van der Waals surface area contributed by atoms with Crippen LogP contribution in [0.15, 0.2) is 83.3 Å². The van der Waals surface area contributed by atoms with Crippen LogP contribution >= 0.6 is 46.4 Å². The second-order valence-electron chi connectivity index (χ2n) is 7.26. The van der Waals surface area contributed by atoms with Crippen LogP contribution in [0.4, 0.5) is 5.69 Å². The monoisotopic (exact) mass is 583 g/mol. The fraction of sp³-hybridized carbons (Fsp3) is 0. The number of halogens is 2. The lowest BCUT2D eigenvalue weighted by Crippen LogP contribution is -2.34. The van der Waals surface area contributed by atoms with Crippen molar-refractivity contribution in [2.45, 2.75) is 0 Å². The highest BCUT2D eigenvalue weighted by Gasteiger charge is 2.14. The number of hydrogen-bond donors (Lipinski definition) is 2. The van der Waals surface area contributed by atoms with Gasteiger partial charge in [0.1, 0.15) is 5.52 Å². The third-order valence-electron chi connectivity index (χ3n) is 5.06. The van der Waals surface area contributed by atoms with E-state index < -0.39 is 0 Å². The van der Waals surface area contributed by atoms with Crippen molar-refractivity contribution in [3.63, 3.8) is 0 Å². The second-order valence-corrected chi connectivity index (χ2v) is 9.32. The molecular weight excluding hydrogens is 569 g/mol. The zero-order valence-corrected chi connectivity index (χ0v) is 20.7. The molecule has 1 heterocycles. The van der Waals surface area contributed by atoms with E-state index in [2.05, 4.69) is 38.2 Å². The molecule has 0 aliphatic carbocycles. The molecule has 0 radical (unpaired) electrons. The number of benzene rings is 4. The summed E-state index contributed by atoms with van der Waals surface area (Å²) >= 11 is 13.8. The molecule has 1 aromatic heterocycles. The number of oxazole rings is 1. The van der Waals surface area contributed by atoms with E-state index in [1.54, 1.807) is 12.1 Å². The first kappa shape index (κ1) is 21.8. The second kappa shape index (κ2) is 9.09. The number of carbonyl (C=O) groups excluding carboxylic acids is 1. The number of rotatable bonds is 3. The standard InChI is InChI=1S/C25H15ClIN3O2S/c26-20-9-3-6-17-18(20)7-2-8-19(17)24-29-21-13-16(10-11-22(21)32-24)28-25(33)30-23(31)14-4-1-5-15(27)12-14/h1-13H,(H2,28,30,31,33). The molecule has 1 amide bonds. The van der Waals surface area contributed by atoms with Gasteiger partial charge in [0.2, 0.25) is 5.89 Å². The van der Waals surface area contributed by atoms with Crippen LogP contribution in [0, 0.1) is 3.57 Å². The Hall–Kier alpha value is -3.01. The molecule has 0 atom stereocenters. The number of nitrogens with one attached hydrogen (secondary N) is 2. The molecule has 8 heteroatoms. The van der Waals surface area contributed by atoms with Crippen LogP contribution in [0.25, 0.3) is 33.3 Å². The molecule has 0 saturated carbocycles. The Bertz CT molecular complexity index is 1550. The van der Waals surface area contributed by atoms with Crippen molar-refractivity contribution in [3.05, 3.63) is 93.0 Å². The van der Waals surface area contributed by atoms with Gasteiger partial charge in [0.15, 0.2) is 10.7 Å². The number of amides is 1. The number of thiocarbonyl (C=S) groups is 1. The molecule has 0 fully saturated rings. The van der Waals surface area contributed by atoms with Gasteiger partial charge in [0.25, 0.3) is 5.91 Å². The Morgan fingerprint density at radius 1 is 0.970 bits per heavy atom. The quantitative estimate of drug-likeness (QED) is 0.176. The lowest BCUT2D eigenvalue weighted by atomic mass is 10.0. The first-order chi connectivity index (χ1) is 16.0. The van der Waals surface area contributed by atoms with Gasteiger partial charge in [-0.3, -0.25) is 10.1 Å². The molecule has 5 nitrogen and oxygen atoms in total. The number of nitrogens with zero attached hydrogens (tertiary/aromatic N) is 1. The Morgan fingerprint density at radius 2 is 1.76 bits per heavy atom. The minimum Gasteiger partial charge on any atom is -0.436 e. The van der Waals surface area contributed by atoms with Crippen LogP contribution in [0.3, 0.4) is 0 Å². The zero-order valence-electron chi connectivity index (χ0n) is 16.9. The van der Waals surface area contributed by atoms with E-state index >= 15 is 0 Å². The fourth-order valence-electron chi connectivity index (χ4n) is 3.55. The predicted molar refractivity (Wildman–Crippen MR) is 145 cm³/mol. The van der Waals surface area contributed by atoms with Crippen molar-refractivity contribution in [1.82, 2.24) is 10.3 Å². The van der Waals surface area contributed by atoms with Crippen LogP contribution < -0.4 is 10.6 Å². The van der Waals surface area contributed by atoms with Crippen LogP contribution in [0.1, 0.15) is 10.4 Å². The largest absolute Gasteiger partial charge is 0.436 e. The number of anilines is 1. The third kappa shape index (κ3) is 4.57. The normalized spacial score (nSPS) is 11.0. The van der Waals surface area contributed by atoms with Gasteiger partial charge in [-0.2, -0.15) is 0 Å². The van der Waals surface area contributed by atoms with Gasteiger partial charge < -0.3 is 9.73 Å². The molecule has 0 spiro atoms. The van der Waals surface area contributed by atoms with E-state index in [0.717, 1.165) is 19.9 Å². The van der Waals surface area contributed by atoms with E-state index in [4.69, 9.17) is 28.2 Å². The van der Waals surface area contributed by atoms with Crippen molar-refractivity contribution in [3.8, 4) is 11.5 Å². The maximum atomic E-state index is 12.4. The summed E-state index contributed by atoms with van der Waals surface area (Å²) in [6.07, 6.45) is 0. The van der Waals surface area contributed by atoms with Gasteiger partial charge >= 0.3 is 0 Å². The lowest BCUT2D eigenvalue weighted by Gasteiger charge is -2.09. The van der Waals surface area contributed by atoms with E-state index in [0.29, 0.717) is 33.3 Å². The Labute approximate surface area is 213 Å². The fourth-order valence-corrected chi connectivity index (χ4v) is 4.54. The maximum Gasteiger partial charge on any atom is 0.257 e. The smallest absolute Gasteiger partial charge is 0.257 e. The van der Waals surface area contributed by atoms with Crippen molar-refractivity contribution in [2.24, 2.45) is 0 Å². The van der Waals surface area contributed by atoms with Gasteiger partial charge in [-0.25, -0.2) is 4.98 Å². The summed E-state index contributed by atoms with van der Waals surface area (Å²) in [5.41, 5.74) is 3.40.